The Kier molecular flexibility index (Phi) is 3.99. The van der Waals surface area contributed by atoms with E-state index in [-0.39, 0.29) is 5.56 Å². The van der Waals surface area contributed by atoms with Crippen molar-refractivity contribution >= 4 is 22.3 Å². The third kappa shape index (κ3) is 3.02. The van der Waals surface area contributed by atoms with E-state index in [1.807, 2.05) is 25.1 Å². The van der Waals surface area contributed by atoms with E-state index in [4.69, 9.17) is 0 Å². The summed E-state index contributed by atoms with van der Waals surface area (Å²) < 4.78 is 5.81. The average molecular weight is 342 g/mol. The number of fused-ring (bicyclic) bond motifs is 1. The number of hydrogen-bond acceptors (Lipinski definition) is 7. The van der Waals surface area contributed by atoms with Gasteiger partial charge in [-0.05, 0) is 19.1 Å². The van der Waals surface area contributed by atoms with Gasteiger partial charge in [-0.2, -0.15) is 4.37 Å². The molecule has 0 aromatic carbocycles. The summed E-state index contributed by atoms with van der Waals surface area (Å²) in [6.45, 7) is 6.30. The number of anilines is 1. The van der Waals surface area contributed by atoms with Gasteiger partial charge in [0.15, 0.2) is 0 Å². The zero-order valence-corrected chi connectivity index (χ0v) is 14.2. The molecule has 0 spiro atoms. The van der Waals surface area contributed by atoms with Crippen LogP contribution in [0.2, 0.25) is 0 Å². The number of piperazine rings is 1. The van der Waals surface area contributed by atoms with E-state index in [9.17, 15) is 4.79 Å². The fourth-order valence-electron chi connectivity index (χ4n) is 2.92. The number of rotatable bonds is 3. The Morgan fingerprint density at radius 3 is 2.75 bits per heavy atom. The van der Waals surface area contributed by atoms with Crippen LogP contribution in [0.3, 0.4) is 0 Å². The second-order valence-electron chi connectivity index (χ2n) is 5.90. The van der Waals surface area contributed by atoms with Gasteiger partial charge in [0.25, 0.3) is 5.56 Å². The molecule has 124 valence electrons. The maximum Gasteiger partial charge on any atom is 0.258 e. The minimum absolute atomic E-state index is 0.0291. The first-order valence-electron chi connectivity index (χ1n) is 7.94. The summed E-state index contributed by atoms with van der Waals surface area (Å²) in [7, 11) is 0. The van der Waals surface area contributed by atoms with E-state index in [0.29, 0.717) is 12.2 Å². The van der Waals surface area contributed by atoms with Crippen LogP contribution in [0.15, 0.2) is 35.3 Å². The van der Waals surface area contributed by atoms with Crippen LogP contribution in [0.25, 0.3) is 5.65 Å². The number of aryl methyl sites for hydroxylation is 1. The summed E-state index contributed by atoms with van der Waals surface area (Å²) in [6.07, 6.45) is 1.75. The maximum atomic E-state index is 12.2. The molecule has 0 N–H and O–H groups in total. The monoisotopic (exact) mass is 342 g/mol. The van der Waals surface area contributed by atoms with Crippen LogP contribution >= 0.6 is 11.5 Å². The molecule has 1 saturated heterocycles. The molecule has 8 heteroatoms. The summed E-state index contributed by atoms with van der Waals surface area (Å²) in [5.74, 6) is 0.832. The molecule has 0 unspecified atom stereocenters. The highest BCUT2D eigenvalue weighted by atomic mass is 32.1. The van der Waals surface area contributed by atoms with E-state index < -0.39 is 0 Å². The maximum absolute atomic E-state index is 12.2. The number of aromatic nitrogens is 4. The molecule has 4 rings (SSSR count). The van der Waals surface area contributed by atoms with E-state index in [2.05, 4.69) is 24.1 Å². The quantitative estimate of drug-likeness (QED) is 0.712. The van der Waals surface area contributed by atoms with Gasteiger partial charge in [0.05, 0.1) is 5.69 Å². The topological polar surface area (TPSA) is 66.6 Å². The summed E-state index contributed by atoms with van der Waals surface area (Å²) in [6, 6.07) is 7.23. The van der Waals surface area contributed by atoms with Crippen LogP contribution in [-0.4, -0.2) is 49.8 Å². The van der Waals surface area contributed by atoms with Gasteiger partial charge in [0.1, 0.15) is 11.5 Å². The highest BCUT2D eigenvalue weighted by molar-refractivity contribution is 7.09. The lowest BCUT2D eigenvalue weighted by Crippen LogP contribution is -2.46. The van der Waals surface area contributed by atoms with Crippen molar-refractivity contribution in [2.75, 3.05) is 31.1 Å². The van der Waals surface area contributed by atoms with E-state index in [1.54, 1.807) is 16.7 Å². The predicted octanol–water partition coefficient (Wildman–Crippen LogP) is 1.18. The van der Waals surface area contributed by atoms with Crippen molar-refractivity contribution in [1.29, 1.82) is 0 Å². The average Bonchev–Trinajstić information content (AvgIpc) is 3.02. The Morgan fingerprint density at radius 1 is 1.17 bits per heavy atom. The fourth-order valence-corrected chi connectivity index (χ4v) is 3.65. The molecule has 4 heterocycles. The fraction of sp³-hybridized carbons (Fsp3) is 0.375. The molecule has 0 saturated carbocycles. The highest BCUT2D eigenvalue weighted by Gasteiger charge is 2.20. The van der Waals surface area contributed by atoms with E-state index in [0.717, 1.165) is 42.8 Å². The van der Waals surface area contributed by atoms with E-state index in [1.165, 1.54) is 11.5 Å². The third-order valence-electron chi connectivity index (χ3n) is 4.17. The molecular weight excluding hydrogens is 324 g/mol. The number of nitrogens with zero attached hydrogens (tertiary/aromatic N) is 6. The molecular formula is C16H18N6OS. The van der Waals surface area contributed by atoms with E-state index >= 15 is 0 Å². The van der Waals surface area contributed by atoms with Crippen LogP contribution in [0, 0.1) is 6.92 Å². The molecule has 24 heavy (non-hydrogen) atoms. The summed E-state index contributed by atoms with van der Waals surface area (Å²) in [5, 5.41) is 0.995. The largest absolute Gasteiger partial charge is 0.344 e. The molecule has 3 aromatic heterocycles. The van der Waals surface area contributed by atoms with Crippen molar-refractivity contribution in [1.82, 2.24) is 23.6 Å². The second-order valence-corrected chi connectivity index (χ2v) is 6.63. The standard InChI is InChI=1S/C16H18N6OS/c1-12-17-16(24-19-12)21-8-6-20(7-9-21)11-13-10-15(23)22-5-3-2-4-14(22)18-13/h2-5,10H,6-9,11H2,1H3. The summed E-state index contributed by atoms with van der Waals surface area (Å²) in [4.78, 5) is 25.8. The minimum atomic E-state index is -0.0291. The molecule has 0 atom stereocenters. The predicted molar refractivity (Wildman–Crippen MR) is 93.6 cm³/mol. The van der Waals surface area contributed by atoms with Gasteiger partial charge in [-0.25, -0.2) is 9.97 Å². The Balaban J connectivity index is 1.44. The van der Waals surface area contributed by atoms with Crippen molar-refractivity contribution in [3.8, 4) is 0 Å². The Bertz CT molecular complexity index is 912. The second kappa shape index (κ2) is 6.29. The first kappa shape index (κ1) is 15.2. The number of pyridine rings is 1. The van der Waals surface area contributed by atoms with Crippen LogP contribution in [0.1, 0.15) is 11.5 Å². The SMILES string of the molecule is Cc1nsc(N2CCN(Cc3cc(=O)n4ccccc4n3)CC2)n1. The zero-order chi connectivity index (χ0) is 16.5. The molecule has 0 amide bonds. The lowest BCUT2D eigenvalue weighted by molar-refractivity contribution is 0.247. The highest BCUT2D eigenvalue weighted by Crippen LogP contribution is 2.19. The first-order valence-corrected chi connectivity index (χ1v) is 8.71. The Labute approximate surface area is 143 Å². The van der Waals surface area contributed by atoms with Crippen LogP contribution < -0.4 is 10.5 Å². The van der Waals surface area contributed by atoms with Crippen molar-refractivity contribution < 1.29 is 0 Å². The van der Waals surface area contributed by atoms with Gasteiger partial charge < -0.3 is 4.90 Å². The van der Waals surface area contributed by atoms with Crippen molar-refractivity contribution in [3.05, 3.63) is 52.3 Å². The summed E-state index contributed by atoms with van der Waals surface area (Å²) >= 11 is 1.45. The van der Waals surface area contributed by atoms with Crippen LogP contribution in [-0.2, 0) is 6.54 Å². The molecule has 7 nitrogen and oxygen atoms in total. The van der Waals surface area contributed by atoms with Gasteiger partial charge in [-0.1, -0.05) is 6.07 Å². The normalized spacial score (nSPS) is 16.0. The zero-order valence-electron chi connectivity index (χ0n) is 13.4. The molecule has 1 aliphatic heterocycles. The van der Waals surface area contributed by atoms with Gasteiger partial charge in [-0.3, -0.25) is 14.1 Å². The Morgan fingerprint density at radius 2 is 2.00 bits per heavy atom. The van der Waals surface area contributed by atoms with Crippen molar-refractivity contribution in [2.24, 2.45) is 0 Å². The third-order valence-corrected chi connectivity index (χ3v) is 5.04. The van der Waals surface area contributed by atoms with Crippen LogP contribution in [0.5, 0.6) is 0 Å². The minimum Gasteiger partial charge on any atom is -0.344 e. The molecule has 3 aromatic rings. The molecule has 0 aliphatic carbocycles. The van der Waals surface area contributed by atoms with Crippen LogP contribution in [0.4, 0.5) is 5.13 Å². The molecule has 0 bridgehead atoms. The van der Waals surface area contributed by atoms with Gasteiger partial charge in [0.2, 0.25) is 5.13 Å². The lowest BCUT2D eigenvalue weighted by atomic mass is 10.3. The van der Waals surface area contributed by atoms with Gasteiger partial charge in [-0.15, -0.1) is 0 Å². The first-order chi connectivity index (χ1) is 11.7. The van der Waals surface area contributed by atoms with Gasteiger partial charge >= 0.3 is 0 Å². The molecule has 1 fully saturated rings. The number of hydrogen-bond donors (Lipinski definition) is 0. The lowest BCUT2D eigenvalue weighted by Gasteiger charge is -2.34. The summed E-state index contributed by atoms with van der Waals surface area (Å²) in [5.41, 5.74) is 1.49. The van der Waals surface area contributed by atoms with Crippen molar-refractivity contribution in [3.63, 3.8) is 0 Å². The Hall–Kier alpha value is -2.32. The smallest absolute Gasteiger partial charge is 0.258 e. The molecule has 0 radical (unpaired) electrons. The van der Waals surface area contributed by atoms with Gasteiger partial charge in [0, 0.05) is 56.5 Å². The molecule has 1 aliphatic rings. The van der Waals surface area contributed by atoms with Crippen molar-refractivity contribution in [2.45, 2.75) is 13.5 Å².